The van der Waals surface area contributed by atoms with Crippen LogP contribution in [0.3, 0.4) is 0 Å². The molecule has 1 aliphatic rings. The summed E-state index contributed by atoms with van der Waals surface area (Å²) >= 11 is 0. The van der Waals surface area contributed by atoms with Gasteiger partial charge in [-0.2, -0.15) is 0 Å². The minimum Gasteiger partial charge on any atom is -0.496 e. The Morgan fingerprint density at radius 3 is 2.57 bits per heavy atom. The van der Waals surface area contributed by atoms with Crippen LogP contribution in [-0.4, -0.2) is 38.7 Å². The molecule has 1 aromatic carbocycles. The maximum Gasteiger partial charge on any atom is 0.131 e. The van der Waals surface area contributed by atoms with E-state index in [1.165, 1.54) is 44.8 Å². The number of rotatable bonds is 6. The number of nitrogens with one attached hydrogen (secondary N) is 1. The molecule has 1 saturated heterocycles. The zero-order valence-electron chi connectivity index (χ0n) is 13.2. The van der Waals surface area contributed by atoms with E-state index in [1.807, 2.05) is 13.1 Å². The largest absolute Gasteiger partial charge is 0.496 e. The summed E-state index contributed by atoms with van der Waals surface area (Å²) in [5.74, 6) is 0.440. The quantitative estimate of drug-likeness (QED) is 0.870. The second-order valence-electron chi connectivity index (χ2n) is 5.74. The number of ether oxygens (including phenoxy) is 1. The second kappa shape index (κ2) is 8.35. The molecule has 1 atom stereocenters. The third-order valence-corrected chi connectivity index (χ3v) is 4.36. The van der Waals surface area contributed by atoms with E-state index in [9.17, 15) is 4.39 Å². The van der Waals surface area contributed by atoms with Crippen LogP contribution in [0.25, 0.3) is 0 Å². The molecule has 1 aliphatic heterocycles. The molecule has 1 N–H and O–H groups in total. The Bertz CT molecular complexity index is 431. The number of methoxy groups -OCH3 is 1. The van der Waals surface area contributed by atoms with Crippen LogP contribution in [0.2, 0.25) is 0 Å². The van der Waals surface area contributed by atoms with Crippen molar-refractivity contribution in [1.82, 2.24) is 10.2 Å². The topological polar surface area (TPSA) is 24.5 Å². The summed E-state index contributed by atoms with van der Waals surface area (Å²) in [5.41, 5.74) is 0.650. The van der Waals surface area contributed by atoms with Gasteiger partial charge < -0.3 is 15.0 Å². The molecule has 2 rings (SSSR count). The van der Waals surface area contributed by atoms with E-state index in [4.69, 9.17) is 4.74 Å². The first-order valence-electron chi connectivity index (χ1n) is 7.98. The summed E-state index contributed by atoms with van der Waals surface area (Å²) in [6, 6.07) is 5.02. The van der Waals surface area contributed by atoms with E-state index in [0.717, 1.165) is 13.0 Å². The molecule has 1 heterocycles. The Balaban J connectivity index is 2.02. The normalized spacial score (nSPS) is 18.2. The van der Waals surface area contributed by atoms with Crippen LogP contribution in [0.15, 0.2) is 18.2 Å². The lowest BCUT2D eigenvalue weighted by Gasteiger charge is -2.25. The minimum atomic E-state index is -0.190. The zero-order valence-corrected chi connectivity index (χ0v) is 13.2. The van der Waals surface area contributed by atoms with E-state index in [-0.39, 0.29) is 11.9 Å². The first-order valence-corrected chi connectivity index (χ1v) is 7.98. The van der Waals surface area contributed by atoms with Gasteiger partial charge in [0, 0.05) is 11.6 Å². The van der Waals surface area contributed by atoms with Gasteiger partial charge in [-0.3, -0.25) is 0 Å². The van der Waals surface area contributed by atoms with Gasteiger partial charge in [0.15, 0.2) is 0 Å². The van der Waals surface area contributed by atoms with Gasteiger partial charge in [0.05, 0.1) is 7.11 Å². The number of likely N-dealkylation sites (tertiary alicyclic amines) is 1. The van der Waals surface area contributed by atoms with Crippen molar-refractivity contribution in [3.8, 4) is 5.75 Å². The molecule has 1 fully saturated rings. The van der Waals surface area contributed by atoms with Crippen molar-refractivity contribution < 1.29 is 9.13 Å². The van der Waals surface area contributed by atoms with Crippen molar-refractivity contribution in [2.75, 3.05) is 33.8 Å². The summed E-state index contributed by atoms with van der Waals surface area (Å²) in [4.78, 5) is 2.50. The van der Waals surface area contributed by atoms with Gasteiger partial charge >= 0.3 is 0 Å². The molecule has 118 valence electrons. The standard InChI is InChI=1S/C17H27FN2O/c1-19-15(10-13-20-11-5-3-4-6-12-20)17-14(18)8-7-9-16(17)21-2/h7-9,15,19H,3-6,10-13H2,1-2H3. The second-order valence-corrected chi connectivity index (χ2v) is 5.74. The summed E-state index contributed by atoms with van der Waals surface area (Å²) in [7, 11) is 3.48. The number of benzene rings is 1. The Kier molecular flexibility index (Phi) is 6.46. The highest BCUT2D eigenvalue weighted by Crippen LogP contribution is 2.30. The van der Waals surface area contributed by atoms with Gasteiger partial charge in [-0.25, -0.2) is 4.39 Å². The fourth-order valence-electron chi connectivity index (χ4n) is 3.14. The van der Waals surface area contributed by atoms with Crippen LogP contribution in [0.5, 0.6) is 5.75 Å². The molecule has 3 nitrogen and oxygen atoms in total. The van der Waals surface area contributed by atoms with Gasteiger partial charge in [0.1, 0.15) is 11.6 Å². The van der Waals surface area contributed by atoms with E-state index in [1.54, 1.807) is 13.2 Å². The van der Waals surface area contributed by atoms with Crippen LogP contribution in [0.1, 0.15) is 43.7 Å². The fraction of sp³-hybridized carbons (Fsp3) is 0.647. The van der Waals surface area contributed by atoms with Crippen LogP contribution in [0, 0.1) is 5.82 Å². The molecule has 4 heteroatoms. The van der Waals surface area contributed by atoms with E-state index in [2.05, 4.69) is 10.2 Å². The number of hydrogen-bond donors (Lipinski definition) is 1. The predicted octanol–water partition coefficient (Wildman–Crippen LogP) is 3.36. The summed E-state index contributed by atoms with van der Waals surface area (Å²) in [5, 5.41) is 3.24. The Hall–Kier alpha value is -1.13. The minimum absolute atomic E-state index is 0.00981. The molecule has 0 bridgehead atoms. The molecule has 0 saturated carbocycles. The highest BCUT2D eigenvalue weighted by molar-refractivity contribution is 5.37. The lowest BCUT2D eigenvalue weighted by molar-refractivity contribution is 0.265. The molecule has 0 spiro atoms. The molecule has 21 heavy (non-hydrogen) atoms. The molecule has 0 aliphatic carbocycles. The fourth-order valence-corrected chi connectivity index (χ4v) is 3.14. The SMILES string of the molecule is CNC(CCN1CCCCCC1)c1c(F)cccc1OC. The van der Waals surface area contributed by atoms with E-state index >= 15 is 0 Å². The van der Waals surface area contributed by atoms with Gasteiger partial charge in [0.25, 0.3) is 0 Å². The van der Waals surface area contributed by atoms with Crippen molar-refractivity contribution in [2.45, 2.75) is 38.1 Å². The average Bonchev–Trinajstić information content (AvgIpc) is 2.77. The Labute approximate surface area is 127 Å². The third kappa shape index (κ3) is 4.42. The Morgan fingerprint density at radius 2 is 1.95 bits per heavy atom. The van der Waals surface area contributed by atoms with Crippen LogP contribution >= 0.6 is 0 Å². The zero-order chi connectivity index (χ0) is 15.1. The molecule has 1 unspecified atom stereocenters. The predicted molar refractivity (Wildman–Crippen MR) is 84.3 cm³/mol. The maximum absolute atomic E-state index is 14.2. The van der Waals surface area contributed by atoms with Gasteiger partial charge in [-0.15, -0.1) is 0 Å². The first kappa shape index (κ1) is 16.2. The van der Waals surface area contributed by atoms with Crippen molar-refractivity contribution in [1.29, 1.82) is 0 Å². The lowest BCUT2D eigenvalue weighted by Crippen LogP contribution is -2.29. The van der Waals surface area contributed by atoms with Gasteiger partial charge in [0.2, 0.25) is 0 Å². The van der Waals surface area contributed by atoms with Gasteiger partial charge in [-0.1, -0.05) is 18.9 Å². The van der Waals surface area contributed by atoms with Crippen LogP contribution in [-0.2, 0) is 0 Å². The van der Waals surface area contributed by atoms with Crippen LogP contribution < -0.4 is 10.1 Å². The van der Waals surface area contributed by atoms with Crippen molar-refractivity contribution in [3.05, 3.63) is 29.6 Å². The van der Waals surface area contributed by atoms with Crippen molar-refractivity contribution in [3.63, 3.8) is 0 Å². The maximum atomic E-state index is 14.2. The van der Waals surface area contributed by atoms with Gasteiger partial charge in [-0.05, 0) is 58.1 Å². The highest BCUT2D eigenvalue weighted by Gasteiger charge is 2.20. The Morgan fingerprint density at radius 1 is 1.24 bits per heavy atom. The van der Waals surface area contributed by atoms with Crippen LogP contribution in [0.4, 0.5) is 4.39 Å². The first-order chi connectivity index (χ1) is 10.3. The smallest absolute Gasteiger partial charge is 0.131 e. The average molecular weight is 294 g/mol. The number of hydrogen-bond acceptors (Lipinski definition) is 3. The molecule has 0 aromatic heterocycles. The summed E-state index contributed by atoms with van der Waals surface area (Å²) in [6.07, 6.45) is 6.15. The summed E-state index contributed by atoms with van der Waals surface area (Å²) in [6.45, 7) is 3.35. The highest BCUT2D eigenvalue weighted by atomic mass is 19.1. The van der Waals surface area contributed by atoms with Crippen molar-refractivity contribution >= 4 is 0 Å². The number of halogens is 1. The molecule has 0 amide bonds. The molecular weight excluding hydrogens is 267 g/mol. The monoisotopic (exact) mass is 294 g/mol. The number of nitrogens with zero attached hydrogens (tertiary/aromatic N) is 1. The molecule has 1 aromatic rings. The third-order valence-electron chi connectivity index (χ3n) is 4.36. The van der Waals surface area contributed by atoms with E-state index in [0.29, 0.717) is 11.3 Å². The lowest BCUT2D eigenvalue weighted by atomic mass is 10.0. The van der Waals surface area contributed by atoms with Crippen molar-refractivity contribution in [2.24, 2.45) is 0 Å². The molecule has 0 radical (unpaired) electrons. The van der Waals surface area contributed by atoms with E-state index < -0.39 is 0 Å². The molecular formula is C17H27FN2O. The summed E-state index contributed by atoms with van der Waals surface area (Å²) < 4.78 is 19.5.